The van der Waals surface area contributed by atoms with Crippen LogP contribution in [-0.4, -0.2) is 21.8 Å². The zero-order valence-corrected chi connectivity index (χ0v) is 21.3. The average Bonchev–Trinajstić information content (AvgIpc) is 3.53. The highest BCUT2D eigenvalue weighted by Crippen LogP contribution is 2.44. The lowest BCUT2D eigenvalue weighted by Crippen LogP contribution is -2.30. The number of carbonyl (C=O) groups is 2. The van der Waals surface area contributed by atoms with Gasteiger partial charge in [-0.25, -0.2) is 4.98 Å². The molecule has 0 fully saturated rings. The van der Waals surface area contributed by atoms with Gasteiger partial charge in [0, 0.05) is 8.96 Å². The molecule has 0 aliphatic carbocycles. The maximum absolute atomic E-state index is 13.7. The van der Waals surface area contributed by atoms with Gasteiger partial charge in [-0.05, 0) is 77.0 Å². The van der Waals surface area contributed by atoms with Crippen LogP contribution in [0.1, 0.15) is 27.7 Å². The van der Waals surface area contributed by atoms with Gasteiger partial charge in [0.2, 0.25) is 5.78 Å². The first-order valence-electron chi connectivity index (χ1n) is 10.8. The molecule has 1 amide bonds. The molecule has 0 saturated heterocycles. The van der Waals surface area contributed by atoms with Crippen LogP contribution in [0.5, 0.6) is 0 Å². The van der Waals surface area contributed by atoms with Crippen molar-refractivity contribution in [3.05, 3.63) is 105 Å². The minimum atomic E-state index is -0.845. The molecule has 0 radical (unpaired) electrons. The summed E-state index contributed by atoms with van der Waals surface area (Å²) in [5.41, 5.74) is 3.06. The topological polar surface area (TPSA) is 83.6 Å². The number of hydrogen-bond donors (Lipinski definition) is 1. The van der Waals surface area contributed by atoms with Crippen LogP contribution in [0.3, 0.4) is 0 Å². The van der Waals surface area contributed by atoms with E-state index in [0.717, 1.165) is 24.7 Å². The van der Waals surface area contributed by atoms with E-state index in [0.29, 0.717) is 16.3 Å². The van der Waals surface area contributed by atoms with E-state index in [9.17, 15) is 14.7 Å². The monoisotopic (exact) mass is 592 g/mol. The van der Waals surface area contributed by atoms with E-state index >= 15 is 0 Å². The van der Waals surface area contributed by atoms with Crippen LogP contribution in [0.15, 0.2) is 88.5 Å². The Balaban J connectivity index is 1.51. The molecule has 172 valence electrons. The fourth-order valence-electron chi connectivity index (χ4n) is 4.34. The third kappa shape index (κ3) is 3.64. The number of aryl methyl sites for hydroxylation is 1. The first-order chi connectivity index (χ1) is 16.9. The van der Waals surface area contributed by atoms with Crippen molar-refractivity contribution in [3.63, 3.8) is 0 Å². The van der Waals surface area contributed by atoms with E-state index < -0.39 is 23.5 Å². The van der Waals surface area contributed by atoms with Gasteiger partial charge in [0.05, 0.1) is 21.8 Å². The maximum atomic E-state index is 13.7. The third-order valence-electron chi connectivity index (χ3n) is 6.03. The summed E-state index contributed by atoms with van der Waals surface area (Å²) in [4.78, 5) is 33.2. The van der Waals surface area contributed by atoms with Crippen molar-refractivity contribution in [1.29, 1.82) is 0 Å². The Hall–Kier alpha value is -3.50. The van der Waals surface area contributed by atoms with Crippen LogP contribution in [0.2, 0.25) is 0 Å². The van der Waals surface area contributed by atoms with Gasteiger partial charge in [0.1, 0.15) is 5.58 Å². The molecule has 3 heterocycles. The van der Waals surface area contributed by atoms with E-state index in [4.69, 9.17) is 4.42 Å². The second-order valence-corrected chi connectivity index (χ2v) is 10.6. The Bertz CT molecular complexity index is 1650. The minimum Gasteiger partial charge on any atom is -0.503 e. The number of thiazole rings is 1. The van der Waals surface area contributed by atoms with Crippen molar-refractivity contribution in [2.45, 2.75) is 13.0 Å². The zero-order chi connectivity index (χ0) is 24.3. The van der Waals surface area contributed by atoms with Crippen LogP contribution in [0.25, 0.3) is 21.2 Å². The molecule has 35 heavy (non-hydrogen) atoms. The van der Waals surface area contributed by atoms with Gasteiger partial charge in [-0.15, -0.1) is 0 Å². The fourth-order valence-corrected chi connectivity index (χ4v) is 5.79. The summed E-state index contributed by atoms with van der Waals surface area (Å²) in [7, 11) is 0. The highest BCUT2D eigenvalue weighted by atomic mass is 127. The lowest BCUT2D eigenvalue weighted by Gasteiger charge is -2.24. The van der Waals surface area contributed by atoms with Crippen molar-refractivity contribution in [2.24, 2.45) is 0 Å². The van der Waals surface area contributed by atoms with Crippen LogP contribution in [0.4, 0.5) is 5.13 Å². The summed E-state index contributed by atoms with van der Waals surface area (Å²) in [6.45, 7) is 1.99. The SMILES string of the molecule is Cc1ccc2nc(N3C(=O)C(O)=C(C(=O)c4cc5ccccc5o4)C3c3ccc(I)cc3)sc2c1. The summed E-state index contributed by atoms with van der Waals surface area (Å²) < 4.78 is 7.72. The number of rotatable bonds is 4. The van der Waals surface area contributed by atoms with Crippen LogP contribution in [0, 0.1) is 10.5 Å². The van der Waals surface area contributed by atoms with Crippen LogP contribution in [-0.2, 0) is 4.79 Å². The number of anilines is 1. The fraction of sp³-hybridized carbons (Fsp3) is 0.0741. The number of ketones is 1. The molecule has 6 rings (SSSR count). The molecule has 2 aromatic heterocycles. The normalized spacial score (nSPS) is 16.1. The maximum Gasteiger partial charge on any atom is 0.296 e. The van der Waals surface area contributed by atoms with Gasteiger partial charge in [0.25, 0.3) is 5.91 Å². The Morgan fingerprint density at radius 1 is 1.09 bits per heavy atom. The summed E-state index contributed by atoms with van der Waals surface area (Å²) in [5.74, 6) is -1.72. The molecule has 1 unspecified atom stereocenters. The molecule has 8 heteroatoms. The molecule has 0 spiro atoms. The number of benzene rings is 3. The molecule has 6 nitrogen and oxygen atoms in total. The van der Waals surface area contributed by atoms with E-state index in [1.165, 1.54) is 16.2 Å². The highest BCUT2D eigenvalue weighted by Gasteiger charge is 2.46. The standard InChI is InChI=1S/C27H17IN2O4S/c1-14-6-11-18-21(12-14)35-27(29-18)30-23(15-7-9-17(28)10-8-15)22(25(32)26(30)33)24(31)20-13-16-4-2-3-5-19(16)34-20/h2-13,23,32H,1H3. The van der Waals surface area contributed by atoms with Crippen molar-refractivity contribution in [2.75, 3.05) is 4.90 Å². The number of hydrogen-bond acceptors (Lipinski definition) is 6. The van der Waals surface area contributed by atoms with Gasteiger partial charge in [-0.2, -0.15) is 0 Å². The molecular weight excluding hydrogens is 575 g/mol. The number of nitrogens with zero attached hydrogens (tertiary/aromatic N) is 2. The van der Waals surface area contributed by atoms with E-state index in [-0.39, 0.29) is 11.3 Å². The second kappa shape index (κ2) is 8.31. The molecule has 5 aromatic rings. The molecule has 1 N–H and O–H groups in total. The Morgan fingerprint density at radius 3 is 2.63 bits per heavy atom. The first kappa shape index (κ1) is 22.0. The highest BCUT2D eigenvalue weighted by molar-refractivity contribution is 14.1. The Kier molecular flexibility index (Phi) is 5.23. The van der Waals surface area contributed by atoms with Crippen LogP contribution < -0.4 is 4.90 Å². The van der Waals surface area contributed by atoms with Gasteiger partial charge < -0.3 is 9.52 Å². The van der Waals surface area contributed by atoms with E-state index in [1.807, 2.05) is 67.6 Å². The Labute approximate surface area is 217 Å². The second-order valence-electron chi connectivity index (χ2n) is 8.34. The predicted molar refractivity (Wildman–Crippen MR) is 144 cm³/mol. The molecule has 1 atom stereocenters. The minimum absolute atomic E-state index is 0.0225. The number of Topliss-reactive ketones (excluding diaryl/α,β-unsaturated/α-hetero) is 1. The summed E-state index contributed by atoms with van der Waals surface area (Å²) >= 11 is 3.55. The van der Waals surface area contributed by atoms with Gasteiger partial charge >= 0.3 is 0 Å². The van der Waals surface area contributed by atoms with Crippen molar-refractivity contribution < 1.29 is 19.1 Å². The Morgan fingerprint density at radius 2 is 1.86 bits per heavy atom. The smallest absolute Gasteiger partial charge is 0.296 e. The molecule has 0 saturated carbocycles. The predicted octanol–water partition coefficient (Wildman–Crippen LogP) is 6.74. The third-order valence-corrected chi connectivity index (χ3v) is 7.76. The number of furan rings is 1. The van der Waals surface area contributed by atoms with Crippen molar-refractivity contribution >= 4 is 71.9 Å². The largest absolute Gasteiger partial charge is 0.503 e. The van der Waals surface area contributed by atoms with Gasteiger partial charge in [-0.3, -0.25) is 14.5 Å². The van der Waals surface area contributed by atoms with Crippen molar-refractivity contribution in [3.8, 4) is 0 Å². The number of aromatic nitrogens is 1. The summed E-state index contributed by atoms with van der Waals surface area (Å²) in [6.07, 6.45) is 0. The molecule has 1 aliphatic heterocycles. The molecule has 1 aliphatic rings. The number of aliphatic hydroxyl groups excluding tert-OH is 1. The number of fused-ring (bicyclic) bond motifs is 2. The van der Waals surface area contributed by atoms with Crippen LogP contribution >= 0.6 is 33.9 Å². The molecule has 0 bridgehead atoms. The van der Waals surface area contributed by atoms with Gasteiger partial charge in [-0.1, -0.05) is 47.7 Å². The van der Waals surface area contributed by atoms with Crippen molar-refractivity contribution in [1.82, 2.24) is 4.98 Å². The quantitative estimate of drug-likeness (QED) is 0.185. The number of aliphatic hydroxyl groups is 1. The number of amides is 1. The number of para-hydroxylation sites is 1. The summed E-state index contributed by atoms with van der Waals surface area (Å²) in [6, 6.07) is 21.5. The molecule has 3 aromatic carbocycles. The van der Waals surface area contributed by atoms with E-state index in [1.54, 1.807) is 12.1 Å². The van der Waals surface area contributed by atoms with Gasteiger partial charge in [0.15, 0.2) is 16.7 Å². The number of halogens is 1. The molecular formula is C27H17IN2O4S. The average molecular weight is 592 g/mol. The zero-order valence-electron chi connectivity index (χ0n) is 18.4. The lowest BCUT2D eigenvalue weighted by molar-refractivity contribution is -0.117. The lowest BCUT2D eigenvalue weighted by atomic mass is 9.95. The first-order valence-corrected chi connectivity index (χ1v) is 12.7. The summed E-state index contributed by atoms with van der Waals surface area (Å²) in [5, 5.41) is 12.2. The van der Waals surface area contributed by atoms with E-state index in [2.05, 4.69) is 27.6 Å². The number of carbonyl (C=O) groups excluding carboxylic acids is 2.